The number of likely N-dealkylation sites (tertiary alicyclic amines) is 1. The number of aliphatic hydroxyl groups excluding tert-OH is 1. The number of hydrogen-bond acceptors (Lipinski definition) is 4. The van der Waals surface area contributed by atoms with Crippen LogP contribution in [0.3, 0.4) is 0 Å². The lowest BCUT2D eigenvalue weighted by molar-refractivity contribution is -0.0661. The molecule has 1 N–H and O–H groups in total. The second-order valence-electron chi connectivity index (χ2n) is 6.63. The molecule has 0 bridgehead atoms. The summed E-state index contributed by atoms with van der Waals surface area (Å²) in [7, 11) is 0. The highest BCUT2D eigenvalue weighted by molar-refractivity contribution is 9.10. The predicted octanol–water partition coefficient (Wildman–Crippen LogP) is 2.68. The van der Waals surface area contributed by atoms with Crippen LogP contribution in [0.5, 0.6) is 0 Å². The van der Waals surface area contributed by atoms with Crippen LogP contribution in [0.1, 0.15) is 25.3 Å². The molecule has 23 heavy (non-hydrogen) atoms. The van der Waals surface area contributed by atoms with Crippen LogP contribution in [-0.2, 0) is 11.2 Å². The Bertz CT molecular complexity index is 540. The second kappa shape index (κ2) is 7.51. The van der Waals surface area contributed by atoms with E-state index in [1.807, 2.05) is 6.92 Å². The lowest BCUT2D eigenvalue weighted by Gasteiger charge is -2.27. The maximum absolute atomic E-state index is 9.63. The Morgan fingerprint density at radius 2 is 2.17 bits per heavy atom. The van der Waals surface area contributed by atoms with Crippen LogP contribution >= 0.6 is 15.9 Å². The van der Waals surface area contributed by atoms with Gasteiger partial charge in [0, 0.05) is 42.9 Å². The van der Waals surface area contributed by atoms with E-state index in [-0.39, 0.29) is 12.2 Å². The van der Waals surface area contributed by atoms with Gasteiger partial charge in [-0.2, -0.15) is 0 Å². The number of ether oxygens (including phenoxy) is 1. The van der Waals surface area contributed by atoms with E-state index in [0.717, 1.165) is 52.0 Å². The largest absolute Gasteiger partial charge is 0.393 e. The molecule has 0 aliphatic carbocycles. The molecule has 0 saturated carbocycles. The Kier molecular flexibility index (Phi) is 5.62. The molecule has 2 aliphatic rings. The molecule has 0 aromatic heterocycles. The monoisotopic (exact) mass is 382 g/mol. The molecule has 0 amide bonds. The smallest absolute Gasteiger partial charge is 0.105 e. The van der Waals surface area contributed by atoms with Gasteiger partial charge in [-0.15, -0.1) is 0 Å². The van der Waals surface area contributed by atoms with Crippen molar-refractivity contribution in [3.63, 3.8) is 0 Å². The molecular weight excluding hydrogens is 356 g/mol. The maximum atomic E-state index is 9.63. The molecule has 128 valence electrons. The first-order valence-corrected chi connectivity index (χ1v) is 9.46. The zero-order valence-corrected chi connectivity index (χ0v) is 15.5. The zero-order valence-electron chi connectivity index (χ0n) is 13.9. The highest BCUT2D eigenvalue weighted by Crippen LogP contribution is 2.33. The van der Waals surface area contributed by atoms with Crippen molar-refractivity contribution >= 4 is 21.6 Å². The number of nitrogens with zero attached hydrogens (tertiary/aromatic N) is 2. The summed E-state index contributed by atoms with van der Waals surface area (Å²) in [5.74, 6) is 0. The van der Waals surface area contributed by atoms with Crippen LogP contribution in [0.4, 0.5) is 5.69 Å². The van der Waals surface area contributed by atoms with Crippen molar-refractivity contribution in [2.75, 3.05) is 50.8 Å². The van der Waals surface area contributed by atoms with Gasteiger partial charge in [0.1, 0.15) is 5.60 Å². The quantitative estimate of drug-likeness (QED) is 0.786. The molecule has 4 nitrogen and oxygen atoms in total. The highest BCUT2D eigenvalue weighted by atomic mass is 79.9. The molecule has 1 saturated heterocycles. The molecule has 1 atom stereocenters. The normalized spacial score (nSPS) is 24.4. The molecule has 1 fully saturated rings. The van der Waals surface area contributed by atoms with Gasteiger partial charge in [-0.25, -0.2) is 0 Å². The predicted molar refractivity (Wildman–Crippen MR) is 97.2 cm³/mol. The molecule has 1 aromatic rings. The third-order valence-corrected chi connectivity index (χ3v) is 5.85. The first kappa shape index (κ1) is 17.2. The van der Waals surface area contributed by atoms with E-state index in [2.05, 4.69) is 43.9 Å². The molecule has 1 aromatic carbocycles. The minimum absolute atomic E-state index is 0.130. The summed E-state index contributed by atoms with van der Waals surface area (Å²) >= 11 is 3.66. The van der Waals surface area contributed by atoms with Crippen molar-refractivity contribution in [3.05, 3.63) is 28.2 Å². The average Bonchev–Trinajstić information content (AvgIpc) is 3.14. The van der Waals surface area contributed by atoms with E-state index in [0.29, 0.717) is 6.61 Å². The fourth-order valence-corrected chi connectivity index (χ4v) is 4.45. The minimum atomic E-state index is -0.320. The van der Waals surface area contributed by atoms with Gasteiger partial charge < -0.3 is 19.6 Å². The molecule has 3 rings (SSSR count). The fraction of sp³-hybridized carbons (Fsp3) is 0.667. The number of halogens is 1. The number of rotatable bonds is 7. The second-order valence-corrected chi connectivity index (χ2v) is 7.48. The Labute approximate surface area is 147 Å². The van der Waals surface area contributed by atoms with E-state index >= 15 is 0 Å². The standard InChI is InChI=1S/C18H27BrN2O2/c1-2-23-18(14-22)8-12-20(13-18)9-4-10-21-11-7-15-16(19)5-3-6-17(15)21/h3,5-6,22H,2,4,7-14H2,1H3. The van der Waals surface area contributed by atoms with Crippen LogP contribution < -0.4 is 4.90 Å². The van der Waals surface area contributed by atoms with Gasteiger partial charge in [0.25, 0.3) is 0 Å². The van der Waals surface area contributed by atoms with Gasteiger partial charge in [-0.1, -0.05) is 22.0 Å². The highest BCUT2D eigenvalue weighted by Gasteiger charge is 2.38. The van der Waals surface area contributed by atoms with Gasteiger partial charge in [-0.3, -0.25) is 0 Å². The summed E-state index contributed by atoms with van der Waals surface area (Å²) in [4.78, 5) is 4.93. The van der Waals surface area contributed by atoms with Crippen LogP contribution in [0.25, 0.3) is 0 Å². The Hall–Kier alpha value is -0.620. The third-order valence-electron chi connectivity index (χ3n) is 5.10. The number of hydrogen-bond donors (Lipinski definition) is 1. The first-order valence-electron chi connectivity index (χ1n) is 8.67. The van der Waals surface area contributed by atoms with Crippen molar-refractivity contribution in [3.8, 4) is 0 Å². The number of benzene rings is 1. The molecule has 2 heterocycles. The Balaban J connectivity index is 1.48. The zero-order chi connectivity index (χ0) is 16.3. The summed E-state index contributed by atoms with van der Waals surface area (Å²) in [6.07, 6.45) is 3.23. The molecule has 0 spiro atoms. The van der Waals surface area contributed by atoms with Crippen molar-refractivity contribution in [1.29, 1.82) is 0 Å². The Morgan fingerprint density at radius 1 is 1.30 bits per heavy atom. The van der Waals surface area contributed by atoms with Crippen molar-refractivity contribution < 1.29 is 9.84 Å². The molecule has 2 aliphatic heterocycles. The summed E-state index contributed by atoms with van der Waals surface area (Å²) in [5, 5.41) is 9.63. The average molecular weight is 383 g/mol. The van der Waals surface area contributed by atoms with Gasteiger partial charge >= 0.3 is 0 Å². The maximum Gasteiger partial charge on any atom is 0.105 e. The number of anilines is 1. The number of fused-ring (bicyclic) bond motifs is 1. The van der Waals surface area contributed by atoms with Crippen molar-refractivity contribution in [2.45, 2.75) is 31.8 Å². The summed E-state index contributed by atoms with van der Waals surface area (Å²) in [6, 6.07) is 6.49. The van der Waals surface area contributed by atoms with Crippen LogP contribution in [0.15, 0.2) is 22.7 Å². The molecule has 5 heteroatoms. The summed E-state index contributed by atoms with van der Waals surface area (Å²) < 4.78 is 7.04. The summed E-state index contributed by atoms with van der Waals surface area (Å²) in [5.41, 5.74) is 2.52. The van der Waals surface area contributed by atoms with Gasteiger partial charge in [-0.05, 0) is 50.4 Å². The minimum Gasteiger partial charge on any atom is -0.393 e. The van der Waals surface area contributed by atoms with Crippen LogP contribution in [0, 0.1) is 0 Å². The van der Waals surface area contributed by atoms with E-state index < -0.39 is 0 Å². The van der Waals surface area contributed by atoms with Crippen molar-refractivity contribution in [1.82, 2.24) is 4.90 Å². The van der Waals surface area contributed by atoms with Gasteiger partial charge in [0.05, 0.1) is 6.61 Å². The lowest BCUT2D eigenvalue weighted by atomic mass is 10.1. The van der Waals surface area contributed by atoms with E-state index in [9.17, 15) is 5.11 Å². The lowest BCUT2D eigenvalue weighted by Crippen LogP contribution is -2.40. The van der Waals surface area contributed by atoms with Gasteiger partial charge in [0.15, 0.2) is 0 Å². The van der Waals surface area contributed by atoms with E-state index in [1.54, 1.807) is 0 Å². The van der Waals surface area contributed by atoms with E-state index in [1.165, 1.54) is 15.7 Å². The van der Waals surface area contributed by atoms with Gasteiger partial charge in [0.2, 0.25) is 0 Å². The van der Waals surface area contributed by atoms with E-state index in [4.69, 9.17) is 4.74 Å². The fourth-order valence-electron chi connectivity index (χ4n) is 3.89. The number of aliphatic hydroxyl groups is 1. The van der Waals surface area contributed by atoms with Crippen molar-refractivity contribution in [2.24, 2.45) is 0 Å². The SMILES string of the molecule is CCOC1(CO)CCN(CCCN2CCc3c(Br)cccc32)C1. The Morgan fingerprint density at radius 3 is 2.96 bits per heavy atom. The summed E-state index contributed by atoms with van der Waals surface area (Å²) in [6.45, 7) is 8.00. The first-order chi connectivity index (χ1) is 11.2. The topological polar surface area (TPSA) is 35.9 Å². The van der Waals surface area contributed by atoms with Crippen LogP contribution in [-0.4, -0.2) is 61.5 Å². The molecule has 1 unspecified atom stereocenters. The third kappa shape index (κ3) is 3.73. The van der Waals surface area contributed by atoms with Crippen LogP contribution in [0.2, 0.25) is 0 Å². The molecule has 0 radical (unpaired) electrons. The molecular formula is C18H27BrN2O2.